The molecule has 2 saturated carbocycles. The first-order valence-corrected chi connectivity index (χ1v) is 18.7. The van der Waals surface area contributed by atoms with Crippen LogP contribution >= 0.6 is 0 Å². The van der Waals surface area contributed by atoms with Crippen molar-refractivity contribution in [3.63, 3.8) is 0 Å². The molecular formula is C36H50N6O9S. The number of fused-ring (bicyclic) bond motifs is 1. The predicted octanol–water partition coefficient (Wildman–Crippen LogP) is 3.10. The van der Waals surface area contributed by atoms with Crippen LogP contribution in [0.3, 0.4) is 0 Å². The van der Waals surface area contributed by atoms with Crippen molar-refractivity contribution in [2.24, 2.45) is 11.3 Å². The largest absolute Gasteiger partial charge is 0.497 e. The molecule has 0 bridgehead atoms. The second-order valence-electron chi connectivity index (χ2n) is 16.3. The summed E-state index contributed by atoms with van der Waals surface area (Å²) in [5.74, 6) is -1.86. The molecule has 3 aliphatic rings. The average molecular weight is 743 g/mol. The number of carbonyl (C=O) groups excluding carboxylic acids is 4. The predicted molar refractivity (Wildman–Crippen MR) is 192 cm³/mol. The van der Waals surface area contributed by atoms with E-state index in [4.69, 9.17) is 13.7 Å². The molecule has 1 aromatic heterocycles. The number of nitrogens with zero attached hydrogens (tertiary/aromatic N) is 2. The minimum absolute atomic E-state index is 0.00701. The molecule has 5 amide bonds. The van der Waals surface area contributed by atoms with E-state index in [-0.39, 0.29) is 25.3 Å². The van der Waals surface area contributed by atoms with Crippen molar-refractivity contribution < 1.29 is 41.3 Å². The summed E-state index contributed by atoms with van der Waals surface area (Å²) < 4.78 is 44.3. The quantitative estimate of drug-likeness (QED) is 0.235. The lowest BCUT2D eigenvalue weighted by Gasteiger charge is -2.36. The van der Waals surface area contributed by atoms with Crippen molar-refractivity contribution in [2.75, 3.05) is 13.7 Å². The number of ether oxygens (including phenoxy) is 2. The number of rotatable bonds is 12. The Bertz CT molecular complexity index is 1870. The maximum absolute atomic E-state index is 14.5. The molecule has 16 heteroatoms. The molecule has 2 aromatic rings. The molecule has 15 nitrogen and oxygen atoms in total. The number of likely N-dealkylation sites (tertiary alicyclic amines) is 1. The topological polar surface area (TPSA) is 194 Å². The first kappa shape index (κ1) is 38.8. The Morgan fingerprint density at radius 3 is 2.37 bits per heavy atom. The highest BCUT2D eigenvalue weighted by Gasteiger charge is 2.62. The number of methoxy groups -OCH3 is 1. The van der Waals surface area contributed by atoms with Gasteiger partial charge in [-0.15, -0.1) is 6.58 Å². The Hall–Kier alpha value is -4.44. The highest BCUT2D eigenvalue weighted by Crippen LogP contribution is 2.46. The summed E-state index contributed by atoms with van der Waals surface area (Å²) in [4.78, 5) is 61.1. The first-order chi connectivity index (χ1) is 24.1. The van der Waals surface area contributed by atoms with Crippen molar-refractivity contribution in [3.8, 4) is 11.6 Å². The number of aromatic nitrogens is 1. The molecule has 3 fully saturated rings. The lowest BCUT2D eigenvalue weighted by Crippen LogP contribution is -2.61. The molecular weight excluding hydrogens is 692 g/mol. The van der Waals surface area contributed by atoms with Crippen LogP contribution in [-0.4, -0.2) is 90.6 Å². The third kappa shape index (κ3) is 8.77. The second-order valence-corrected chi connectivity index (χ2v) is 17.5. The zero-order valence-electron chi connectivity index (χ0n) is 31.0. The minimum Gasteiger partial charge on any atom is -0.497 e. The van der Waals surface area contributed by atoms with E-state index in [9.17, 15) is 27.6 Å². The van der Waals surface area contributed by atoms with Crippen molar-refractivity contribution in [1.29, 1.82) is 0 Å². The Balaban J connectivity index is 1.43. The zero-order valence-corrected chi connectivity index (χ0v) is 31.8. The highest BCUT2D eigenvalue weighted by atomic mass is 32.2. The number of pyridine rings is 1. The number of hydrogen-bond acceptors (Lipinski definition) is 10. The van der Waals surface area contributed by atoms with E-state index in [1.807, 2.05) is 31.6 Å². The summed E-state index contributed by atoms with van der Waals surface area (Å²) in [5.41, 5.74) is -3.90. The molecule has 1 aromatic carbocycles. The van der Waals surface area contributed by atoms with Crippen LogP contribution < -0.4 is 30.1 Å². The second kappa shape index (κ2) is 13.8. The van der Waals surface area contributed by atoms with Crippen LogP contribution in [0, 0.1) is 11.3 Å². The van der Waals surface area contributed by atoms with Gasteiger partial charge in [-0.05, 0) is 82.0 Å². The van der Waals surface area contributed by atoms with E-state index in [2.05, 4.69) is 27.5 Å². The summed E-state index contributed by atoms with van der Waals surface area (Å²) in [7, 11) is -2.91. The van der Waals surface area contributed by atoms with E-state index in [1.54, 1.807) is 59.2 Å². The van der Waals surface area contributed by atoms with Crippen LogP contribution in [0.15, 0.2) is 43.1 Å². The van der Waals surface area contributed by atoms with Crippen molar-refractivity contribution in [2.45, 2.75) is 109 Å². The summed E-state index contributed by atoms with van der Waals surface area (Å²) in [6.45, 7) is 16.1. The van der Waals surface area contributed by atoms with E-state index >= 15 is 0 Å². The summed E-state index contributed by atoms with van der Waals surface area (Å²) >= 11 is 0. The Morgan fingerprint density at radius 1 is 1.10 bits per heavy atom. The first-order valence-electron chi connectivity index (χ1n) is 17.3. The van der Waals surface area contributed by atoms with E-state index in [0.29, 0.717) is 24.0 Å². The fourth-order valence-electron chi connectivity index (χ4n) is 6.29. The van der Waals surface area contributed by atoms with Gasteiger partial charge in [-0.3, -0.25) is 14.4 Å². The SMILES string of the molecule is C=C[C@@H]1C[C@]1(NC(=O)[C@@H]1C[C@@H](Oc2nccc3cc(OC)ccc23)CN1C(=O)[C@@H](NC(=O)NC(C)(C)C)C(C)(C)C)C(=O)NS(=O)(=O)OC1(C)CC1. The van der Waals surface area contributed by atoms with Crippen LogP contribution in [0.4, 0.5) is 4.79 Å². The Labute approximate surface area is 304 Å². The summed E-state index contributed by atoms with van der Waals surface area (Å²) in [6, 6.07) is 4.41. The van der Waals surface area contributed by atoms with Gasteiger partial charge in [-0.25, -0.2) is 18.7 Å². The lowest BCUT2D eigenvalue weighted by atomic mass is 9.85. The molecule has 2 heterocycles. The molecule has 0 radical (unpaired) electrons. The molecule has 1 saturated heterocycles. The van der Waals surface area contributed by atoms with Gasteiger partial charge >= 0.3 is 16.3 Å². The minimum atomic E-state index is -4.48. The number of urea groups is 1. The average Bonchev–Trinajstić information content (AvgIpc) is 3.90. The molecule has 5 rings (SSSR count). The molecule has 4 N–H and O–H groups in total. The molecule has 0 spiro atoms. The third-order valence-electron chi connectivity index (χ3n) is 9.47. The van der Waals surface area contributed by atoms with Gasteiger partial charge in [-0.1, -0.05) is 26.8 Å². The van der Waals surface area contributed by atoms with E-state index in [0.717, 1.165) is 5.39 Å². The smallest absolute Gasteiger partial charge is 0.362 e. The van der Waals surface area contributed by atoms with Crippen LogP contribution in [0.2, 0.25) is 0 Å². The molecule has 1 aliphatic heterocycles. The van der Waals surface area contributed by atoms with E-state index < -0.39 is 80.3 Å². The molecule has 284 valence electrons. The number of benzene rings is 1. The molecule has 5 atom stereocenters. The van der Waals surface area contributed by atoms with Gasteiger partial charge in [-0.2, -0.15) is 8.42 Å². The number of hydrogen-bond donors (Lipinski definition) is 4. The fraction of sp³-hybridized carbons (Fsp3) is 0.583. The van der Waals surface area contributed by atoms with Gasteiger partial charge in [0.1, 0.15) is 29.5 Å². The Kier molecular flexibility index (Phi) is 10.3. The van der Waals surface area contributed by atoms with Gasteiger partial charge in [0.25, 0.3) is 5.91 Å². The highest BCUT2D eigenvalue weighted by molar-refractivity contribution is 7.85. The van der Waals surface area contributed by atoms with Crippen LogP contribution in [0.1, 0.15) is 74.1 Å². The number of carbonyl (C=O) groups is 4. The molecule has 2 aliphatic carbocycles. The van der Waals surface area contributed by atoms with Crippen molar-refractivity contribution in [1.82, 2.24) is 30.6 Å². The van der Waals surface area contributed by atoms with Gasteiger partial charge in [0.15, 0.2) is 0 Å². The molecule has 0 unspecified atom stereocenters. The van der Waals surface area contributed by atoms with Crippen LogP contribution in [0.25, 0.3) is 10.8 Å². The van der Waals surface area contributed by atoms with Crippen molar-refractivity contribution in [3.05, 3.63) is 43.1 Å². The van der Waals surface area contributed by atoms with E-state index in [1.165, 1.54) is 11.0 Å². The lowest BCUT2D eigenvalue weighted by molar-refractivity contribution is -0.142. The number of nitrogens with one attached hydrogen (secondary N) is 4. The monoisotopic (exact) mass is 742 g/mol. The Morgan fingerprint density at radius 2 is 1.79 bits per heavy atom. The van der Waals surface area contributed by atoms with Crippen LogP contribution in [-0.2, 0) is 28.9 Å². The van der Waals surface area contributed by atoms with Gasteiger partial charge in [0.2, 0.25) is 17.7 Å². The zero-order chi connectivity index (χ0) is 38.4. The van der Waals surface area contributed by atoms with Gasteiger partial charge in [0.05, 0.1) is 19.3 Å². The summed E-state index contributed by atoms with van der Waals surface area (Å²) in [5, 5.41) is 9.85. The van der Waals surface area contributed by atoms with Crippen molar-refractivity contribution >= 4 is 44.8 Å². The molecule has 52 heavy (non-hydrogen) atoms. The standard InChI is InChI=1S/C36H50N6O9S/c1-10-22-19-36(22,31(45)41-52(47,48)51-35(8)14-15-35)39-28(43)26-18-24(50-29-25-12-11-23(49-9)17-21(25)13-16-37-29)20-42(26)30(44)27(33(2,3)4)38-32(46)40-34(5,6)7/h10-13,16-17,22,24,26-27H,1,14-15,18-20H2,2-9H3,(H,39,43)(H,41,45)(H2,38,40,46)/t22-,24-,26+,27-,36-/m1/s1. The summed E-state index contributed by atoms with van der Waals surface area (Å²) in [6.07, 6.45) is 3.47. The van der Waals surface area contributed by atoms with Gasteiger partial charge in [0, 0.05) is 29.5 Å². The van der Waals surface area contributed by atoms with Gasteiger partial charge < -0.3 is 30.3 Å². The normalized spacial score (nSPS) is 24.3. The maximum atomic E-state index is 14.5. The third-order valence-corrected chi connectivity index (χ3v) is 10.5. The fourth-order valence-corrected chi connectivity index (χ4v) is 7.44. The maximum Gasteiger partial charge on any atom is 0.362 e. The van der Waals surface area contributed by atoms with Crippen LogP contribution in [0.5, 0.6) is 11.6 Å². The number of amides is 5.